The third kappa shape index (κ3) is 2.00. The zero-order chi connectivity index (χ0) is 15.9. The van der Waals surface area contributed by atoms with Crippen molar-refractivity contribution in [3.8, 4) is 11.1 Å². The minimum atomic E-state index is 1.26. The van der Waals surface area contributed by atoms with Gasteiger partial charge in [0.05, 0.1) is 0 Å². The number of hydrogen-bond acceptors (Lipinski definition) is 0. The maximum absolute atomic E-state index is 2.32. The maximum Gasteiger partial charge on any atom is -0.00324 e. The van der Waals surface area contributed by atoms with Crippen LogP contribution in [-0.4, -0.2) is 0 Å². The van der Waals surface area contributed by atoms with Crippen molar-refractivity contribution < 1.29 is 0 Å². The van der Waals surface area contributed by atoms with Crippen LogP contribution < -0.4 is 0 Å². The summed E-state index contributed by atoms with van der Waals surface area (Å²) < 4.78 is 0. The van der Waals surface area contributed by atoms with E-state index >= 15 is 0 Å². The summed E-state index contributed by atoms with van der Waals surface area (Å²) in [5.74, 6) is 0. The summed E-state index contributed by atoms with van der Waals surface area (Å²) in [6.45, 7) is 0. The first-order chi connectivity index (χ1) is 11.9. The van der Waals surface area contributed by atoms with E-state index in [1.165, 1.54) is 44.2 Å². The lowest BCUT2D eigenvalue weighted by Gasteiger charge is -2.09. The fourth-order valence-corrected chi connectivity index (χ4v) is 3.68. The van der Waals surface area contributed by atoms with Crippen LogP contribution in [0.4, 0.5) is 0 Å². The van der Waals surface area contributed by atoms with Crippen LogP contribution >= 0.6 is 0 Å². The Morgan fingerprint density at radius 2 is 1.21 bits per heavy atom. The standard InChI is InChI=1S/C24H16/c1-2-7-17(8-3-1)19-11-5-12-20(15-19)23-16-21-13-4-9-18-10-6-14-22(23)24(18)21/h1-16H. The molecular weight excluding hydrogens is 288 g/mol. The second kappa shape index (κ2) is 5.21. The molecule has 0 aliphatic heterocycles. The molecule has 112 valence electrons. The highest BCUT2D eigenvalue weighted by Gasteiger charge is 2.17. The monoisotopic (exact) mass is 304 g/mol. The van der Waals surface area contributed by atoms with Crippen molar-refractivity contribution in [2.45, 2.75) is 0 Å². The average molecular weight is 304 g/mol. The molecule has 0 amide bonds. The highest BCUT2D eigenvalue weighted by Crippen LogP contribution is 2.40. The third-order valence-corrected chi connectivity index (χ3v) is 4.81. The van der Waals surface area contributed by atoms with E-state index in [0.717, 1.165) is 0 Å². The molecule has 1 aliphatic rings. The Morgan fingerprint density at radius 3 is 2.08 bits per heavy atom. The molecule has 0 saturated heterocycles. The normalized spacial score (nSPS) is 12.4. The van der Waals surface area contributed by atoms with Gasteiger partial charge >= 0.3 is 0 Å². The van der Waals surface area contributed by atoms with Crippen LogP contribution in [0.5, 0.6) is 0 Å². The Morgan fingerprint density at radius 1 is 0.500 bits per heavy atom. The molecule has 0 radical (unpaired) electrons. The van der Waals surface area contributed by atoms with Crippen molar-refractivity contribution in [3.63, 3.8) is 0 Å². The second-order valence-electron chi connectivity index (χ2n) is 6.26. The first kappa shape index (κ1) is 13.3. The summed E-state index contributed by atoms with van der Waals surface area (Å²) in [7, 11) is 0. The fraction of sp³-hybridized carbons (Fsp3) is 0. The van der Waals surface area contributed by atoms with Gasteiger partial charge < -0.3 is 0 Å². The smallest absolute Gasteiger partial charge is 0.00324 e. The molecule has 24 heavy (non-hydrogen) atoms. The fourth-order valence-electron chi connectivity index (χ4n) is 3.68. The molecule has 0 spiro atoms. The van der Waals surface area contributed by atoms with Gasteiger partial charge in [-0.25, -0.2) is 0 Å². The van der Waals surface area contributed by atoms with Gasteiger partial charge in [0, 0.05) is 0 Å². The lowest BCUT2D eigenvalue weighted by Crippen LogP contribution is -1.86. The summed E-state index contributed by atoms with van der Waals surface area (Å²) in [5, 5.41) is 2.69. The molecule has 1 aliphatic carbocycles. The highest BCUT2D eigenvalue weighted by molar-refractivity contribution is 6.12. The third-order valence-electron chi connectivity index (χ3n) is 4.81. The van der Waals surface area contributed by atoms with Gasteiger partial charge in [0.2, 0.25) is 0 Å². The van der Waals surface area contributed by atoms with Gasteiger partial charge in [-0.1, -0.05) is 84.9 Å². The predicted octanol–water partition coefficient (Wildman–Crippen LogP) is 6.41. The second-order valence-corrected chi connectivity index (χ2v) is 6.26. The van der Waals surface area contributed by atoms with Crippen molar-refractivity contribution in [3.05, 3.63) is 108 Å². The van der Waals surface area contributed by atoms with E-state index in [4.69, 9.17) is 0 Å². The van der Waals surface area contributed by atoms with Crippen LogP contribution in [0.3, 0.4) is 0 Å². The quantitative estimate of drug-likeness (QED) is 0.353. The van der Waals surface area contributed by atoms with E-state index in [1.807, 2.05) is 0 Å². The summed E-state index contributed by atoms with van der Waals surface area (Å²) in [6.07, 6.45) is 2.32. The summed E-state index contributed by atoms with van der Waals surface area (Å²) in [4.78, 5) is 0. The zero-order valence-corrected chi connectivity index (χ0v) is 13.2. The number of hydrogen-bond donors (Lipinski definition) is 0. The van der Waals surface area contributed by atoms with Crippen molar-refractivity contribution in [1.82, 2.24) is 0 Å². The van der Waals surface area contributed by atoms with E-state index in [0.29, 0.717) is 0 Å². The molecule has 0 bridgehead atoms. The van der Waals surface area contributed by atoms with Crippen LogP contribution in [-0.2, 0) is 0 Å². The van der Waals surface area contributed by atoms with Crippen molar-refractivity contribution in [2.75, 3.05) is 0 Å². The lowest BCUT2D eigenvalue weighted by molar-refractivity contribution is 1.57. The molecule has 0 atom stereocenters. The van der Waals surface area contributed by atoms with Crippen molar-refractivity contribution in [2.24, 2.45) is 0 Å². The van der Waals surface area contributed by atoms with Gasteiger partial charge in [0.25, 0.3) is 0 Å². The van der Waals surface area contributed by atoms with Crippen LogP contribution in [0.2, 0.25) is 0 Å². The zero-order valence-electron chi connectivity index (χ0n) is 13.2. The van der Waals surface area contributed by atoms with E-state index in [-0.39, 0.29) is 0 Å². The Labute approximate surface area is 141 Å². The van der Waals surface area contributed by atoms with Crippen LogP contribution in [0.15, 0.2) is 91.0 Å². The van der Waals surface area contributed by atoms with E-state index in [1.54, 1.807) is 0 Å². The van der Waals surface area contributed by atoms with Gasteiger partial charge in [-0.2, -0.15) is 0 Å². The van der Waals surface area contributed by atoms with E-state index in [2.05, 4.69) is 97.1 Å². The molecule has 5 rings (SSSR count). The maximum atomic E-state index is 2.32. The Hall–Kier alpha value is -3.12. The minimum Gasteiger partial charge on any atom is -0.0622 e. The van der Waals surface area contributed by atoms with Gasteiger partial charge in [-0.05, 0) is 56.3 Å². The predicted molar refractivity (Wildman–Crippen MR) is 103 cm³/mol. The van der Waals surface area contributed by atoms with Gasteiger partial charge in [0.15, 0.2) is 0 Å². The Bertz CT molecular complexity index is 1080. The molecule has 0 fully saturated rings. The van der Waals surface area contributed by atoms with Gasteiger partial charge in [-0.3, -0.25) is 0 Å². The number of benzene rings is 4. The topological polar surface area (TPSA) is 0 Å². The molecule has 0 saturated carbocycles. The Balaban J connectivity index is 1.68. The first-order valence-electron chi connectivity index (χ1n) is 8.30. The highest BCUT2D eigenvalue weighted by atomic mass is 14.2. The molecule has 0 nitrogen and oxygen atoms in total. The summed E-state index contributed by atoms with van der Waals surface area (Å²) >= 11 is 0. The summed E-state index contributed by atoms with van der Waals surface area (Å²) in [6, 6.07) is 32.5. The SMILES string of the molecule is C1=C(c2cccc(-c3ccccc3)c2)c2cccc3cccc1c23. The molecule has 0 heterocycles. The molecule has 4 aromatic rings. The lowest BCUT2D eigenvalue weighted by atomic mass is 9.95. The largest absolute Gasteiger partial charge is 0.0622 e. The first-order valence-corrected chi connectivity index (χ1v) is 8.30. The van der Waals surface area contributed by atoms with E-state index in [9.17, 15) is 0 Å². The van der Waals surface area contributed by atoms with Gasteiger partial charge in [0.1, 0.15) is 0 Å². The molecule has 4 aromatic carbocycles. The molecule has 0 N–H and O–H groups in total. The minimum absolute atomic E-state index is 1.26. The average Bonchev–Trinajstić information content (AvgIpc) is 3.04. The van der Waals surface area contributed by atoms with Crippen LogP contribution in [0.1, 0.15) is 16.7 Å². The molecule has 0 aromatic heterocycles. The molecule has 0 heteroatoms. The van der Waals surface area contributed by atoms with E-state index < -0.39 is 0 Å². The van der Waals surface area contributed by atoms with Crippen molar-refractivity contribution in [1.29, 1.82) is 0 Å². The van der Waals surface area contributed by atoms with Crippen molar-refractivity contribution >= 4 is 22.4 Å². The van der Waals surface area contributed by atoms with Crippen LogP contribution in [0, 0.1) is 0 Å². The van der Waals surface area contributed by atoms with Crippen LogP contribution in [0.25, 0.3) is 33.5 Å². The Kier molecular flexibility index (Phi) is 2.89. The van der Waals surface area contributed by atoms with Gasteiger partial charge in [-0.15, -0.1) is 0 Å². The number of rotatable bonds is 2. The summed E-state index contributed by atoms with van der Waals surface area (Å²) in [5.41, 5.74) is 7.78. The molecule has 0 unspecified atom stereocenters. The molecular formula is C24H16.